The fourth-order valence-corrected chi connectivity index (χ4v) is 1.22. The van der Waals surface area contributed by atoms with Crippen molar-refractivity contribution in [1.82, 2.24) is 0 Å². The quantitative estimate of drug-likeness (QED) is 0.648. The Kier molecular flexibility index (Phi) is 5.11. The van der Waals surface area contributed by atoms with E-state index in [0.717, 1.165) is 0 Å². The predicted octanol–water partition coefficient (Wildman–Crippen LogP) is 0.840. The summed E-state index contributed by atoms with van der Waals surface area (Å²) in [5.41, 5.74) is 5.15. The Hall–Kier alpha value is -1.06. The molecule has 0 aliphatic carbocycles. The number of primary amides is 1. The number of hydrogen-bond acceptors (Lipinski definition) is 3. The second-order valence-corrected chi connectivity index (χ2v) is 3.16. The van der Waals surface area contributed by atoms with Gasteiger partial charge in [0.2, 0.25) is 5.91 Å². The van der Waals surface area contributed by atoms with Crippen LogP contribution in [0, 0.1) is 5.92 Å². The zero-order valence-electron chi connectivity index (χ0n) is 8.37. The Labute approximate surface area is 78.4 Å². The highest BCUT2D eigenvalue weighted by atomic mass is 16.5. The lowest BCUT2D eigenvalue weighted by Gasteiger charge is -2.16. The van der Waals surface area contributed by atoms with Gasteiger partial charge in [-0.2, -0.15) is 0 Å². The van der Waals surface area contributed by atoms with Crippen LogP contribution in [0.2, 0.25) is 0 Å². The van der Waals surface area contributed by atoms with Gasteiger partial charge < -0.3 is 10.5 Å². The minimum Gasteiger partial charge on any atom is -0.463 e. The van der Waals surface area contributed by atoms with Gasteiger partial charge in [0.25, 0.3) is 0 Å². The van der Waals surface area contributed by atoms with Gasteiger partial charge in [0.05, 0.1) is 6.10 Å². The van der Waals surface area contributed by atoms with Crippen LogP contribution in [0.5, 0.6) is 0 Å². The summed E-state index contributed by atoms with van der Waals surface area (Å²) in [5.74, 6) is -0.859. The van der Waals surface area contributed by atoms with Gasteiger partial charge in [0.15, 0.2) is 0 Å². The van der Waals surface area contributed by atoms with Crippen molar-refractivity contribution in [3.05, 3.63) is 0 Å². The van der Waals surface area contributed by atoms with Crippen LogP contribution in [0.25, 0.3) is 0 Å². The minimum atomic E-state index is -0.332. The van der Waals surface area contributed by atoms with E-state index in [1.54, 1.807) is 6.92 Å². The number of carbonyl (C=O) groups excluding carboxylic acids is 2. The van der Waals surface area contributed by atoms with Crippen LogP contribution in [0.3, 0.4) is 0 Å². The summed E-state index contributed by atoms with van der Waals surface area (Å²) >= 11 is 0. The van der Waals surface area contributed by atoms with Crippen LogP contribution in [0.4, 0.5) is 0 Å². The van der Waals surface area contributed by atoms with Gasteiger partial charge in [-0.05, 0) is 19.8 Å². The zero-order valence-corrected chi connectivity index (χ0v) is 8.37. The van der Waals surface area contributed by atoms with Crippen LogP contribution < -0.4 is 5.73 Å². The van der Waals surface area contributed by atoms with Crippen molar-refractivity contribution in [2.24, 2.45) is 11.7 Å². The fraction of sp³-hybridized carbons (Fsp3) is 0.778. The summed E-state index contributed by atoms with van der Waals surface area (Å²) in [6, 6.07) is 0. The van der Waals surface area contributed by atoms with Gasteiger partial charge >= 0.3 is 5.97 Å². The molecule has 0 fully saturated rings. The molecular weight excluding hydrogens is 170 g/mol. The van der Waals surface area contributed by atoms with Gasteiger partial charge in [-0.25, -0.2) is 0 Å². The van der Waals surface area contributed by atoms with Crippen LogP contribution in [-0.4, -0.2) is 18.0 Å². The first kappa shape index (κ1) is 11.9. The van der Waals surface area contributed by atoms with E-state index in [2.05, 4.69) is 0 Å². The van der Waals surface area contributed by atoms with Crippen molar-refractivity contribution in [3.8, 4) is 0 Å². The molecule has 0 bridgehead atoms. The Morgan fingerprint density at radius 2 is 2.00 bits per heavy atom. The molecule has 2 atom stereocenters. The fourth-order valence-electron chi connectivity index (χ4n) is 1.22. The van der Waals surface area contributed by atoms with Crippen molar-refractivity contribution in [2.45, 2.75) is 39.7 Å². The Bertz CT molecular complexity index is 191. The number of carbonyl (C=O) groups is 2. The molecule has 0 spiro atoms. The molecule has 13 heavy (non-hydrogen) atoms. The van der Waals surface area contributed by atoms with Gasteiger partial charge in [0.1, 0.15) is 0 Å². The molecule has 0 rings (SSSR count). The van der Waals surface area contributed by atoms with E-state index in [-0.39, 0.29) is 23.9 Å². The maximum absolute atomic E-state index is 10.8. The summed E-state index contributed by atoms with van der Waals surface area (Å²) in [5, 5.41) is 0. The molecular formula is C9H17NO3. The van der Waals surface area contributed by atoms with Crippen molar-refractivity contribution in [1.29, 1.82) is 0 Å². The first-order valence-electron chi connectivity index (χ1n) is 4.43. The van der Waals surface area contributed by atoms with Crippen LogP contribution in [-0.2, 0) is 14.3 Å². The number of amides is 1. The highest BCUT2D eigenvalue weighted by Crippen LogP contribution is 2.12. The number of esters is 1. The smallest absolute Gasteiger partial charge is 0.302 e. The third-order valence-corrected chi connectivity index (χ3v) is 1.88. The minimum absolute atomic E-state index is 0.200. The molecule has 0 aromatic rings. The average molecular weight is 187 g/mol. The van der Waals surface area contributed by atoms with E-state index in [1.165, 1.54) is 6.92 Å². The number of ether oxygens (including phenoxy) is 1. The standard InChI is InChI=1S/C9H17NO3/c1-4-8(9(10)12)5-6(2)13-7(3)11/h6,8H,4-5H2,1-3H3,(H2,10,12). The summed E-state index contributed by atoms with van der Waals surface area (Å²) in [6.45, 7) is 4.99. The second-order valence-electron chi connectivity index (χ2n) is 3.16. The highest BCUT2D eigenvalue weighted by Gasteiger charge is 2.17. The maximum atomic E-state index is 10.8. The summed E-state index contributed by atoms with van der Waals surface area (Å²) in [7, 11) is 0. The first-order chi connectivity index (χ1) is 5.97. The van der Waals surface area contributed by atoms with E-state index < -0.39 is 0 Å². The lowest BCUT2D eigenvalue weighted by molar-refractivity contribution is -0.147. The Morgan fingerprint density at radius 1 is 1.46 bits per heavy atom. The van der Waals surface area contributed by atoms with Crippen LogP contribution in [0.15, 0.2) is 0 Å². The van der Waals surface area contributed by atoms with Crippen molar-refractivity contribution < 1.29 is 14.3 Å². The van der Waals surface area contributed by atoms with Crippen molar-refractivity contribution in [3.63, 3.8) is 0 Å². The molecule has 2 N–H and O–H groups in total. The van der Waals surface area contributed by atoms with Gasteiger partial charge in [-0.1, -0.05) is 6.92 Å². The second kappa shape index (κ2) is 5.56. The zero-order chi connectivity index (χ0) is 10.4. The molecule has 1 amide bonds. The highest BCUT2D eigenvalue weighted by molar-refractivity contribution is 5.76. The maximum Gasteiger partial charge on any atom is 0.302 e. The molecule has 2 unspecified atom stereocenters. The average Bonchev–Trinajstić information content (AvgIpc) is 1.98. The topological polar surface area (TPSA) is 69.4 Å². The molecule has 0 aliphatic rings. The monoisotopic (exact) mass is 187 g/mol. The molecule has 0 aromatic carbocycles. The lowest BCUT2D eigenvalue weighted by Crippen LogP contribution is -2.27. The van der Waals surface area contributed by atoms with Gasteiger partial charge in [0, 0.05) is 12.8 Å². The van der Waals surface area contributed by atoms with Crippen molar-refractivity contribution >= 4 is 11.9 Å². The van der Waals surface area contributed by atoms with Gasteiger partial charge in [-0.3, -0.25) is 9.59 Å². The Balaban J connectivity index is 3.93. The van der Waals surface area contributed by atoms with E-state index in [4.69, 9.17) is 10.5 Å². The van der Waals surface area contributed by atoms with E-state index in [0.29, 0.717) is 12.8 Å². The van der Waals surface area contributed by atoms with Crippen LogP contribution >= 0.6 is 0 Å². The van der Waals surface area contributed by atoms with Crippen LogP contribution in [0.1, 0.15) is 33.6 Å². The van der Waals surface area contributed by atoms with E-state index in [1.807, 2.05) is 6.92 Å². The first-order valence-corrected chi connectivity index (χ1v) is 4.43. The molecule has 0 aliphatic heterocycles. The molecule has 76 valence electrons. The molecule has 0 saturated carbocycles. The third-order valence-electron chi connectivity index (χ3n) is 1.88. The molecule has 0 aromatic heterocycles. The summed E-state index contributed by atoms with van der Waals surface area (Å²) in [4.78, 5) is 21.4. The van der Waals surface area contributed by atoms with Crippen molar-refractivity contribution in [2.75, 3.05) is 0 Å². The molecule has 0 saturated heterocycles. The SMILES string of the molecule is CCC(CC(C)OC(C)=O)C(N)=O. The predicted molar refractivity (Wildman–Crippen MR) is 48.8 cm³/mol. The molecule has 4 heteroatoms. The summed E-state index contributed by atoms with van der Waals surface area (Å²) in [6.07, 6.45) is 0.946. The molecule has 0 radical (unpaired) electrons. The van der Waals surface area contributed by atoms with E-state index >= 15 is 0 Å². The Morgan fingerprint density at radius 3 is 2.31 bits per heavy atom. The molecule has 0 heterocycles. The normalized spacial score (nSPS) is 14.7. The summed E-state index contributed by atoms with van der Waals surface area (Å²) < 4.78 is 4.89. The molecule has 4 nitrogen and oxygen atoms in total. The largest absolute Gasteiger partial charge is 0.463 e. The third kappa shape index (κ3) is 5.22. The number of rotatable bonds is 5. The number of nitrogens with two attached hydrogens (primary N) is 1. The van der Waals surface area contributed by atoms with E-state index in [9.17, 15) is 9.59 Å². The lowest BCUT2D eigenvalue weighted by atomic mass is 9.99. The number of hydrogen-bond donors (Lipinski definition) is 1. The van der Waals surface area contributed by atoms with Gasteiger partial charge in [-0.15, -0.1) is 0 Å².